The standard InChI is InChI=1S/C17H28N2O/c1-4-10-19(11-5-2)12-9-17(20)18-14-16-8-6-7-15(3)13-16/h6-8,13H,4-5,9-12,14H2,1-3H3,(H,18,20). The molecule has 0 spiro atoms. The number of nitrogens with zero attached hydrogens (tertiary/aromatic N) is 1. The topological polar surface area (TPSA) is 32.3 Å². The highest BCUT2D eigenvalue weighted by molar-refractivity contribution is 5.76. The van der Waals surface area contributed by atoms with E-state index in [9.17, 15) is 4.79 Å². The molecule has 0 aromatic heterocycles. The fraction of sp³-hybridized carbons (Fsp3) is 0.588. The number of nitrogens with one attached hydrogen (secondary N) is 1. The van der Waals surface area contributed by atoms with Gasteiger partial charge in [-0.15, -0.1) is 0 Å². The fourth-order valence-corrected chi connectivity index (χ4v) is 2.34. The van der Waals surface area contributed by atoms with Crippen LogP contribution in [-0.4, -0.2) is 30.4 Å². The van der Waals surface area contributed by atoms with Crippen LogP contribution in [0.25, 0.3) is 0 Å². The van der Waals surface area contributed by atoms with E-state index >= 15 is 0 Å². The van der Waals surface area contributed by atoms with Gasteiger partial charge in [-0.05, 0) is 38.4 Å². The number of amides is 1. The molecule has 0 aliphatic heterocycles. The normalized spacial score (nSPS) is 10.8. The van der Waals surface area contributed by atoms with Crippen LogP contribution in [0.2, 0.25) is 0 Å². The molecule has 3 heteroatoms. The number of rotatable bonds is 9. The maximum Gasteiger partial charge on any atom is 0.221 e. The van der Waals surface area contributed by atoms with Gasteiger partial charge in [-0.25, -0.2) is 0 Å². The second-order valence-electron chi connectivity index (χ2n) is 5.36. The molecule has 0 saturated heterocycles. The summed E-state index contributed by atoms with van der Waals surface area (Å²) in [6.07, 6.45) is 2.88. The molecule has 0 saturated carbocycles. The van der Waals surface area contributed by atoms with Crippen LogP contribution < -0.4 is 5.32 Å². The molecule has 3 nitrogen and oxygen atoms in total. The van der Waals surface area contributed by atoms with E-state index in [1.165, 1.54) is 5.56 Å². The average molecular weight is 276 g/mol. The van der Waals surface area contributed by atoms with Crippen LogP contribution in [0, 0.1) is 6.92 Å². The molecule has 1 rings (SSSR count). The summed E-state index contributed by atoms with van der Waals surface area (Å²) in [4.78, 5) is 14.2. The number of aryl methyl sites for hydroxylation is 1. The lowest BCUT2D eigenvalue weighted by atomic mass is 10.1. The Balaban J connectivity index is 2.29. The van der Waals surface area contributed by atoms with E-state index in [1.54, 1.807) is 0 Å². The first kappa shape index (κ1) is 16.7. The van der Waals surface area contributed by atoms with Crippen molar-refractivity contribution in [1.29, 1.82) is 0 Å². The van der Waals surface area contributed by atoms with Gasteiger partial charge in [0.2, 0.25) is 5.91 Å². The van der Waals surface area contributed by atoms with E-state index in [1.807, 2.05) is 12.1 Å². The molecule has 0 heterocycles. The Morgan fingerprint density at radius 3 is 2.45 bits per heavy atom. The number of hydrogen-bond acceptors (Lipinski definition) is 2. The Bertz CT molecular complexity index is 398. The summed E-state index contributed by atoms with van der Waals surface area (Å²) >= 11 is 0. The molecular weight excluding hydrogens is 248 g/mol. The molecule has 0 bridgehead atoms. The molecule has 20 heavy (non-hydrogen) atoms. The lowest BCUT2D eigenvalue weighted by molar-refractivity contribution is -0.121. The summed E-state index contributed by atoms with van der Waals surface area (Å²) in [5.41, 5.74) is 2.39. The van der Waals surface area contributed by atoms with Crippen molar-refractivity contribution in [2.24, 2.45) is 0 Å². The summed E-state index contributed by atoms with van der Waals surface area (Å²) < 4.78 is 0. The first-order chi connectivity index (χ1) is 9.65. The van der Waals surface area contributed by atoms with E-state index in [0.29, 0.717) is 13.0 Å². The predicted octanol–water partition coefficient (Wildman–Crippen LogP) is 3.12. The molecule has 1 aromatic carbocycles. The molecule has 0 aliphatic rings. The van der Waals surface area contributed by atoms with Crippen LogP contribution in [0.4, 0.5) is 0 Å². The Labute approximate surface area is 123 Å². The van der Waals surface area contributed by atoms with Crippen LogP contribution in [0.3, 0.4) is 0 Å². The largest absolute Gasteiger partial charge is 0.352 e. The van der Waals surface area contributed by atoms with Gasteiger partial charge < -0.3 is 10.2 Å². The summed E-state index contributed by atoms with van der Waals surface area (Å²) in [6.45, 7) is 10.1. The van der Waals surface area contributed by atoms with Crippen LogP contribution >= 0.6 is 0 Å². The van der Waals surface area contributed by atoms with Gasteiger partial charge in [0.15, 0.2) is 0 Å². The lowest BCUT2D eigenvalue weighted by Crippen LogP contribution is -2.31. The van der Waals surface area contributed by atoms with Crippen molar-refractivity contribution in [2.75, 3.05) is 19.6 Å². The third-order valence-corrected chi connectivity index (χ3v) is 3.31. The molecule has 1 N–H and O–H groups in total. The highest BCUT2D eigenvalue weighted by Crippen LogP contribution is 2.03. The van der Waals surface area contributed by atoms with E-state index in [2.05, 4.69) is 43.1 Å². The van der Waals surface area contributed by atoms with Gasteiger partial charge in [-0.1, -0.05) is 43.7 Å². The average Bonchev–Trinajstić information content (AvgIpc) is 2.43. The predicted molar refractivity (Wildman–Crippen MR) is 84.7 cm³/mol. The molecular formula is C17H28N2O. The molecule has 0 atom stereocenters. The van der Waals surface area contributed by atoms with Crippen LogP contribution in [-0.2, 0) is 11.3 Å². The van der Waals surface area contributed by atoms with Crippen molar-refractivity contribution in [3.63, 3.8) is 0 Å². The Morgan fingerprint density at radius 1 is 1.15 bits per heavy atom. The van der Waals surface area contributed by atoms with Gasteiger partial charge in [0.05, 0.1) is 0 Å². The van der Waals surface area contributed by atoms with E-state index in [4.69, 9.17) is 0 Å². The zero-order valence-corrected chi connectivity index (χ0v) is 13.1. The minimum Gasteiger partial charge on any atom is -0.352 e. The fourth-order valence-electron chi connectivity index (χ4n) is 2.34. The maximum atomic E-state index is 11.9. The molecule has 0 aliphatic carbocycles. The second-order valence-corrected chi connectivity index (χ2v) is 5.36. The number of carbonyl (C=O) groups excluding carboxylic acids is 1. The second kappa shape index (κ2) is 9.54. The number of carbonyl (C=O) groups is 1. The maximum absolute atomic E-state index is 11.9. The van der Waals surface area contributed by atoms with Gasteiger partial charge in [0.25, 0.3) is 0 Å². The zero-order chi connectivity index (χ0) is 14.8. The van der Waals surface area contributed by atoms with Gasteiger partial charge in [-0.3, -0.25) is 4.79 Å². The van der Waals surface area contributed by atoms with Gasteiger partial charge in [0.1, 0.15) is 0 Å². The monoisotopic (exact) mass is 276 g/mol. The van der Waals surface area contributed by atoms with Crippen molar-refractivity contribution >= 4 is 5.91 Å². The van der Waals surface area contributed by atoms with E-state index < -0.39 is 0 Å². The summed E-state index contributed by atoms with van der Waals surface area (Å²) in [7, 11) is 0. The third kappa shape index (κ3) is 6.71. The first-order valence-electron chi connectivity index (χ1n) is 7.70. The van der Waals surface area contributed by atoms with Crippen molar-refractivity contribution in [3.8, 4) is 0 Å². The number of benzene rings is 1. The minimum atomic E-state index is 0.142. The van der Waals surface area contributed by atoms with Crippen LogP contribution in [0.15, 0.2) is 24.3 Å². The minimum absolute atomic E-state index is 0.142. The highest BCUT2D eigenvalue weighted by Gasteiger charge is 2.06. The van der Waals surface area contributed by atoms with Gasteiger partial charge in [0, 0.05) is 19.5 Å². The SMILES string of the molecule is CCCN(CCC)CCC(=O)NCc1cccc(C)c1. The van der Waals surface area contributed by atoms with Gasteiger partial charge >= 0.3 is 0 Å². The summed E-state index contributed by atoms with van der Waals surface area (Å²) in [5.74, 6) is 0.142. The Kier molecular flexibility index (Phi) is 7.97. The summed E-state index contributed by atoms with van der Waals surface area (Å²) in [5, 5.41) is 3.00. The van der Waals surface area contributed by atoms with E-state index in [0.717, 1.165) is 38.0 Å². The first-order valence-corrected chi connectivity index (χ1v) is 7.70. The van der Waals surface area contributed by atoms with Crippen LogP contribution in [0.5, 0.6) is 0 Å². The lowest BCUT2D eigenvalue weighted by Gasteiger charge is -2.20. The van der Waals surface area contributed by atoms with E-state index in [-0.39, 0.29) is 5.91 Å². The summed E-state index contributed by atoms with van der Waals surface area (Å²) in [6, 6.07) is 8.26. The molecule has 1 aromatic rings. The number of hydrogen-bond donors (Lipinski definition) is 1. The zero-order valence-electron chi connectivity index (χ0n) is 13.1. The Morgan fingerprint density at radius 2 is 1.85 bits per heavy atom. The highest BCUT2D eigenvalue weighted by atomic mass is 16.1. The Hall–Kier alpha value is -1.35. The quantitative estimate of drug-likeness (QED) is 0.751. The van der Waals surface area contributed by atoms with Crippen molar-refractivity contribution in [3.05, 3.63) is 35.4 Å². The third-order valence-electron chi connectivity index (χ3n) is 3.31. The van der Waals surface area contributed by atoms with Crippen molar-refractivity contribution < 1.29 is 4.79 Å². The van der Waals surface area contributed by atoms with Crippen molar-refractivity contribution in [2.45, 2.75) is 46.6 Å². The molecule has 0 fully saturated rings. The van der Waals surface area contributed by atoms with Gasteiger partial charge in [-0.2, -0.15) is 0 Å². The smallest absolute Gasteiger partial charge is 0.221 e. The molecule has 112 valence electrons. The molecule has 0 radical (unpaired) electrons. The van der Waals surface area contributed by atoms with Crippen LogP contribution in [0.1, 0.15) is 44.2 Å². The van der Waals surface area contributed by atoms with Crippen molar-refractivity contribution in [1.82, 2.24) is 10.2 Å². The molecule has 1 amide bonds. The molecule has 0 unspecified atom stereocenters.